The molecule has 3 N–H and O–H groups in total. The van der Waals surface area contributed by atoms with E-state index in [2.05, 4.69) is 0 Å². The number of amides is 1. The zero-order valence-electron chi connectivity index (χ0n) is 10.1. The average Bonchev–Trinajstić information content (AvgIpc) is 2.38. The van der Waals surface area contributed by atoms with Gasteiger partial charge in [-0.25, -0.2) is 4.39 Å². The van der Waals surface area contributed by atoms with Gasteiger partial charge in [0, 0.05) is 25.2 Å². The molecule has 1 amide bonds. The van der Waals surface area contributed by atoms with Crippen LogP contribution in [-0.2, 0) is 0 Å². The normalized spacial score (nSPS) is 19.9. The van der Waals surface area contributed by atoms with Crippen LogP contribution in [-0.4, -0.2) is 35.0 Å². The molecule has 1 aliphatic heterocycles. The van der Waals surface area contributed by atoms with Crippen molar-refractivity contribution in [3.8, 4) is 5.75 Å². The van der Waals surface area contributed by atoms with Crippen LogP contribution < -0.4 is 5.73 Å². The SMILES string of the molecule is NCC1CCCCN1C(=O)c1ccc(F)cc1O. The molecule has 1 aromatic carbocycles. The maximum absolute atomic E-state index is 12.9. The summed E-state index contributed by atoms with van der Waals surface area (Å²) in [6.45, 7) is 1.05. The molecule has 2 rings (SSSR count). The molecule has 0 aromatic heterocycles. The number of likely N-dealkylation sites (tertiary alicyclic amines) is 1. The Morgan fingerprint density at radius 3 is 2.94 bits per heavy atom. The molecule has 1 unspecified atom stereocenters. The highest BCUT2D eigenvalue weighted by Crippen LogP contribution is 2.24. The Balaban J connectivity index is 2.24. The standard InChI is InChI=1S/C13H17FN2O2/c14-9-4-5-11(12(17)7-9)13(18)16-6-2-1-3-10(16)8-15/h4-5,7,10,17H,1-3,6,8,15H2. The number of hydrogen-bond donors (Lipinski definition) is 2. The van der Waals surface area contributed by atoms with Gasteiger partial charge in [0.1, 0.15) is 11.6 Å². The van der Waals surface area contributed by atoms with Gasteiger partial charge in [0.2, 0.25) is 0 Å². The van der Waals surface area contributed by atoms with E-state index in [9.17, 15) is 14.3 Å². The van der Waals surface area contributed by atoms with Crippen LogP contribution in [0, 0.1) is 5.82 Å². The van der Waals surface area contributed by atoms with Gasteiger partial charge in [-0.1, -0.05) is 0 Å². The van der Waals surface area contributed by atoms with E-state index < -0.39 is 5.82 Å². The van der Waals surface area contributed by atoms with E-state index in [0.717, 1.165) is 25.3 Å². The number of carbonyl (C=O) groups is 1. The molecular weight excluding hydrogens is 235 g/mol. The number of benzene rings is 1. The van der Waals surface area contributed by atoms with E-state index in [0.29, 0.717) is 13.1 Å². The number of piperidine rings is 1. The Hall–Kier alpha value is -1.62. The second kappa shape index (κ2) is 5.35. The van der Waals surface area contributed by atoms with Crippen molar-refractivity contribution in [2.24, 2.45) is 5.73 Å². The van der Waals surface area contributed by atoms with Crippen LogP contribution in [0.3, 0.4) is 0 Å². The summed E-state index contributed by atoms with van der Waals surface area (Å²) in [5, 5.41) is 9.63. The van der Waals surface area contributed by atoms with Crippen molar-refractivity contribution in [1.82, 2.24) is 4.90 Å². The van der Waals surface area contributed by atoms with Gasteiger partial charge >= 0.3 is 0 Å². The number of nitrogens with zero attached hydrogens (tertiary/aromatic N) is 1. The Labute approximate surface area is 105 Å². The first-order valence-corrected chi connectivity index (χ1v) is 6.13. The fourth-order valence-electron chi connectivity index (χ4n) is 2.35. The molecule has 18 heavy (non-hydrogen) atoms. The molecule has 5 heteroatoms. The van der Waals surface area contributed by atoms with Gasteiger partial charge in [-0.05, 0) is 31.4 Å². The first-order valence-electron chi connectivity index (χ1n) is 6.13. The maximum atomic E-state index is 12.9. The number of aromatic hydroxyl groups is 1. The number of halogens is 1. The molecule has 1 aromatic rings. The molecule has 1 atom stereocenters. The van der Waals surface area contributed by atoms with Crippen molar-refractivity contribution in [3.05, 3.63) is 29.6 Å². The van der Waals surface area contributed by atoms with Crippen LogP contribution in [0.2, 0.25) is 0 Å². The van der Waals surface area contributed by atoms with E-state index in [1.165, 1.54) is 12.1 Å². The smallest absolute Gasteiger partial charge is 0.257 e. The molecular formula is C13H17FN2O2. The highest BCUT2D eigenvalue weighted by molar-refractivity contribution is 5.97. The van der Waals surface area contributed by atoms with Crippen molar-refractivity contribution in [2.45, 2.75) is 25.3 Å². The fraction of sp³-hybridized carbons (Fsp3) is 0.462. The van der Waals surface area contributed by atoms with Crippen LogP contribution in [0.1, 0.15) is 29.6 Å². The predicted octanol–water partition coefficient (Wildman–Crippen LogP) is 1.48. The molecule has 1 heterocycles. The highest BCUT2D eigenvalue weighted by Gasteiger charge is 2.27. The Bertz CT molecular complexity index is 451. The monoisotopic (exact) mass is 252 g/mol. The largest absolute Gasteiger partial charge is 0.507 e. The number of phenols is 1. The van der Waals surface area contributed by atoms with E-state index in [1.807, 2.05) is 0 Å². The third-order valence-electron chi connectivity index (χ3n) is 3.35. The summed E-state index contributed by atoms with van der Waals surface area (Å²) < 4.78 is 12.9. The predicted molar refractivity (Wildman–Crippen MR) is 65.8 cm³/mol. The molecule has 4 nitrogen and oxygen atoms in total. The molecule has 98 valence electrons. The van der Waals surface area contributed by atoms with Crippen molar-refractivity contribution < 1.29 is 14.3 Å². The fourth-order valence-corrected chi connectivity index (χ4v) is 2.35. The summed E-state index contributed by atoms with van der Waals surface area (Å²) in [6, 6.07) is 3.45. The molecule has 0 spiro atoms. The van der Waals surface area contributed by atoms with Gasteiger partial charge in [0.15, 0.2) is 0 Å². The zero-order chi connectivity index (χ0) is 13.1. The topological polar surface area (TPSA) is 66.6 Å². The minimum absolute atomic E-state index is 0.00991. The molecule has 0 bridgehead atoms. The van der Waals surface area contributed by atoms with Crippen molar-refractivity contribution in [1.29, 1.82) is 0 Å². The molecule has 1 fully saturated rings. The molecule has 1 aliphatic rings. The summed E-state index contributed by atoms with van der Waals surface area (Å²) >= 11 is 0. The van der Waals surface area contributed by atoms with Crippen molar-refractivity contribution in [2.75, 3.05) is 13.1 Å². The van der Waals surface area contributed by atoms with Gasteiger partial charge < -0.3 is 15.7 Å². The quantitative estimate of drug-likeness (QED) is 0.838. The van der Waals surface area contributed by atoms with Crippen molar-refractivity contribution >= 4 is 5.91 Å². The third kappa shape index (κ3) is 2.46. The zero-order valence-corrected chi connectivity index (χ0v) is 10.1. The van der Waals surface area contributed by atoms with Gasteiger partial charge in [0.05, 0.1) is 5.56 Å². The first kappa shape index (κ1) is 12.8. The van der Waals surface area contributed by atoms with Crippen molar-refractivity contribution in [3.63, 3.8) is 0 Å². The van der Waals surface area contributed by atoms with E-state index in [4.69, 9.17) is 5.73 Å². The second-order valence-electron chi connectivity index (χ2n) is 4.55. The Morgan fingerprint density at radius 2 is 2.28 bits per heavy atom. The summed E-state index contributed by atoms with van der Waals surface area (Å²) in [5.41, 5.74) is 5.79. The number of phenolic OH excluding ortho intramolecular Hbond substituents is 1. The first-order chi connectivity index (χ1) is 8.63. The minimum atomic E-state index is -0.557. The molecule has 0 aliphatic carbocycles. The molecule has 0 radical (unpaired) electrons. The average molecular weight is 252 g/mol. The van der Waals surface area contributed by atoms with Crippen LogP contribution in [0.15, 0.2) is 18.2 Å². The summed E-state index contributed by atoms with van der Waals surface area (Å²) in [6.07, 6.45) is 2.87. The van der Waals surface area contributed by atoms with Gasteiger partial charge in [-0.2, -0.15) is 0 Å². The van der Waals surface area contributed by atoms with Gasteiger partial charge in [-0.3, -0.25) is 4.79 Å². The number of rotatable bonds is 2. The van der Waals surface area contributed by atoms with Gasteiger partial charge in [-0.15, -0.1) is 0 Å². The Morgan fingerprint density at radius 1 is 1.50 bits per heavy atom. The van der Waals surface area contributed by atoms with Crippen LogP contribution >= 0.6 is 0 Å². The molecule has 0 saturated carbocycles. The number of nitrogens with two attached hydrogens (primary N) is 1. The molecule has 1 saturated heterocycles. The third-order valence-corrected chi connectivity index (χ3v) is 3.35. The summed E-state index contributed by atoms with van der Waals surface area (Å²) in [7, 11) is 0. The summed E-state index contributed by atoms with van der Waals surface area (Å²) in [4.78, 5) is 14.0. The Kier molecular flexibility index (Phi) is 3.81. The van der Waals surface area contributed by atoms with E-state index in [-0.39, 0.29) is 23.3 Å². The van der Waals surface area contributed by atoms with Gasteiger partial charge in [0.25, 0.3) is 5.91 Å². The lowest BCUT2D eigenvalue weighted by molar-refractivity contribution is 0.0620. The number of carbonyl (C=O) groups excluding carboxylic acids is 1. The van der Waals surface area contributed by atoms with Crippen LogP contribution in [0.4, 0.5) is 4.39 Å². The van der Waals surface area contributed by atoms with E-state index in [1.54, 1.807) is 4.90 Å². The second-order valence-corrected chi connectivity index (χ2v) is 4.55. The minimum Gasteiger partial charge on any atom is -0.507 e. The number of hydrogen-bond acceptors (Lipinski definition) is 3. The highest BCUT2D eigenvalue weighted by atomic mass is 19.1. The maximum Gasteiger partial charge on any atom is 0.257 e. The van der Waals surface area contributed by atoms with Crippen LogP contribution in [0.5, 0.6) is 5.75 Å². The lowest BCUT2D eigenvalue weighted by atomic mass is 10.0. The van der Waals surface area contributed by atoms with E-state index >= 15 is 0 Å². The van der Waals surface area contributed by atoms with Crippen LogP contribution in [0.25, 0.3) is 0 Å². The lowest BCUT2D eigenvalue weighted by Gasteiger charge is -2.35. The lowest BCUT2D eigenvalue weighted by Crippen LogP contribution is -2.47. The summed E-state index contributed by atoms with van der Waals surface area (Å²) in [5.74, 6) is -1.15.